The highest BCUT2D eigenvalue weighted by molar-refractivity contribution is 7.16. The number of hydrogen-bond donors (Lipinski definition) is 2. The summed E-state index contributed by atoms with van der Waals surface area (Å²) in [7, 11) is 0. The summed E-state index contributed by atoms with van der Waals surface area (Å²) >= 11 is 1.40. The first-order valence-corrected chi connectivity index (χ1v) is 7.64. The molecule has 1 saturated carbocycles. The van der Waals surface area contributed by atoms with Crippen LogP contribution in [-0.2, 0) is 16.0 Å². The fourth-order valence-electron chi connectivity index (χ4n) is 2.10. The molecule has 0 saturated heterocycles. The summed E-state index contributed by atoms with van der Waals surface area (Å²) in [6.07, 6.45) is 2.11. The van der Waals surface area contributed by atoms with Gasteiger partial charge in [-0.25, -0.2) is 4.79 Å². The van der Waals surface area contributed by atoms with E-state index in [4.69, 9.17) is 10.5 Å². The Hall–Kier alpha value is -1.40. The lowest BCUT2D eigenvalue weighted by Gasteiger charge is -2.11. The Kier molecular flexibility index (Phi) is 4.15. The zero-order valence-corrected chi connectivity index (χ0v) is 12.9. The minimum atomic E-state index is -0.754. The first-order chi connectivity index (χ1) is 9.42. The number of esters is 1. The zero-order valence-electron chi connectivity index (χ0n) is 12.0. The molecule has 1 heterocycles. The van der Waals surface area contributed by atoms with E-state index in [1.54, 1.807) is 6.92 Å². The van der Waals surface area contributed by atoms with Crippen molar-refractivity contribution in [2.45, 2.75) is 45.6 Å². The van der Waals surface area contributed by atoms with Crippen LogP contribution >= 0.6 is 11.3 Å². The number of nitrogens with two attached hydrogens (primary N) is 1. The molecule has 3 N–H and O–H groups in total. The third-order valence-corrected chi connectivity index (χ3v) is 4.57. The number of nitrogens with one attached hydrogen (secondary N) is 1. The first kappa shape index (κ1) is 15.0. The van der Waals surface area contributed by atoms with Crippen molar-refractivity contribution in [3.8, 4) is 0 Å². The number of ether oxygens (including phenoxy) is 1. The number of hydrogen-bond acceptors (Lipinski definition) is 5. The molecule has 0 spiro atoms. The average Bonchev–Trinajstić information content (AvgIpc) is 3.06. The Labute approximate surface area is 122 Å². The van der Waals surface area contributed by atoms with Gasteiger partial charge < -0.3 is 15.8 Å². The summed E-state index contributed by atoms with van der Waals surface area (Å²) in [5, 5.41) is 3.36. The van der Waals surface area contributed by atoms with E-state index in [0.717, 1.165) is 16.9 Å². The van der Waals surface area contributed by atoms with Crippen molar-refractivity contribution < 1.29 is 14.3 Å². The number of amides is 1. The third kappa shape index (κ3) is 2.71. The van der Waals surface area contributed by atoms with Crippen LogP contribution in [0.15, 0.2) is 0 Å². The molecule has 0 aliphatic heterocycles. The summed E-state index contributed by atoms with van der Waals surface area (Å²) in [4.78, 5) is 25.2. The second-order valence-corrected chi connectivity index (χ2v) is 6.25. The molecule has 1 aliphatic carbocycles. The number of carbonyl (C=O) groups excluding carboxylic acids is 2. The van der Waals surface area contributed by atoms with E-state index in [2.05, 4.69) is 5.32 Å². The van der Waals surface area contributed by atoms with Gasteiger partial charge in [0.05, 0.1) is 17.7 Å². The Morgan fingerprint density at radius 2 is 2.05 bits per heavy atom. The Morgan fingerprint density at radius 1 is 1.40 bits per heavy atom. The monoisotopic (exact) mass is 296 g/mol. The molecule has 1 amide bonds. The number of thiophene rings is 1. The van der Waals surface area contributed by atoms with Crippen LogP contribution in [0.2, 0.25) is 0 Å². The van der Waals surface area contributed by atoms with Gasteiger partial charge in [-0.3, -0.25) is 4.79 Å². The topological polar surface area (TPSA) is 81.4 Å². The number of anilines is 1. The lowest BCUT2D eigenvalue weighted by molar-refractivity contribution is -0.118. The molecule has 1 aliphatic rings. The molecular formula is C14H20N2O3S. The predicted octanol–water partition coefficient (Wildman–Crippen LogP) is 2.23. The van der Waals surface area contributed by atoms with Gasteiger partial charge in [0.15, 0.2) is 0 Å². The smallest absolute Gasteiger partial charge is 0.341 e. The highest BCUT2D eigenvalue weighted by atomic mass is 32.1. The van der Waals surface area contributed by atoms with Gasteiger partial charge in [0, 0.05) is 4.88 Å². The molecule has 0 aromatic carbocycles. The molecule has 1 aromatic heterocycles. The third-order valence-electron chi connectivity index (χ3n) is 3.51. The Morgan fingerprint density at radius 3 is 2.55 bits per heavy atom. The van der Waals surface area contributed by atoms with Crippen molar-refractivity contribution in [2.75, 3.05) is 11.9 Å². The van der Waals surface area contributed by atoms with E-state index in [9.17, 15) is 9.59 Å². The van der Waals surface area contributed by atoms with E-state index in [0.29, 0.717) is 30.0 Å². The minimum Gasteiger partial charge on any atom is -0.462 e. The summed E-state index contributed by atoms with van der Waals surface area (Å²) in [6.45, 7) is 6.00. The van der Waals surface area contributed by atoms with Crippen LogP contribution < -0.4 is 11.1 Å². The van der Waals surface area contributed by atoms with Crippen LogP contribution in [0.25, 0.3) is 0 Å². The summed E-state index contributed by atoms with van der Waals surface area (Å²) in [5.74, 6) is -0.599. The molecule has 20 heavy (non-hydrogen) atoms. The maximum absolute atomic E-state index is 12.1. The van der Waals surface area contributed by atoms with Crippen molar-refractivity contribution in [3.05, 3.63) is 16.0 Å². The lowest BCUT2D eigenvalue weighted by atomic mass is 10.1. The van der Waals surface area contributed by atoms with Gasteiger partial charge in [-0.15, -0.1) is 11.3 Å². The SMILES string of the molecule is CCOC(=O)c1c(NC(=O)C2(N)CC2)sc(C)c1CC. The molecule has 2 rings (SSSR count). The van der Waals surface area contributed by atoms with E-state index < -0.39 is 5.54 Å². The number of aryl methyl sites for hydroxylation is 1. The van der Waals surface area contributed by atoms with Gasteiger partial charge >= 0.3 is 5.97 Å². The maximum atomic E-state index is 12.1. The van der Waals surface area contributed by atoms with Crippen LogP contribution in [0.5, 0.6) is 0 Å². The van der Waals surface area contributed by atoms with E-state index in [-0.39, 0.29) is 11.9 Å². The Bertz CT molecular complexity index is 547. The normalized spacial score (nSPS) is 15.8. The van der Waals surface area contributed by atoms with Crippen molar-refractivity contribution >= 4 is 28.2 Å². The average molecular weight is 296 g/mol. The van der Waals surface area contributed by atoms with Crippen molar-refractivity contribution in [1.29, 1.82) is 0 Å². The van der Waals surface area contributed by atoms with Gasteiger partial charge in [-0.05, 0) is 38.7 Å². The summed E-state index contributed by atoms with van der Waals surface area (Å²) < 4.78 is 5.09. The van der Waals surface area contributed by atoms with E-state index in [1.807, 2.05) is 13.8 Å². The molecule has 0 radical (unpaired) electrons. The quantitative estimate of drug-likeness (QED) is 0.816. The fraction of sp³-hybridized carbons (Fsp3) is 0.571. The summed E-state index contributed by atoms with van der Waals surface area (Å²) in [6, 6.07) is 0. The minimum absolute atomic E-state index is 0.216. The first-order valence-electron chi connectivity index (χ1n) is 6.82. The largest absolute Gasteiger partial charge is 0.462 e. The maximum Gasteiger partial charge on any atom is 0.341 e. The molecule has 0 atom stereocenters. The fourth-order valence-corrected chi connectivity index (χ4v) is 3.23. The van der Waals surface area contributed by atoms with Crippen LogP contribution in [0.3, 0.4) is 0 Å². The lowest BCUT2D eigenvalue weighted by Crippen LogP contribution is -2.38. The van der Waals surface area contributed by atoms with Crippen LogP contribution in [0.1, 0.15) is 47.5 Å². The van der Waals surface area contributed by atoms with Crippen LogP contribution in [0, 0.1) is 6.92 Å². The van der Waals surface area contributed by atoms with Gasteiger partial charge in [-0.1, -0.05) is 6.92 Å². The molecule has 6 heteroatoms. The van der Waals surface area contributed by atoms with Gasteiger partial charge in [0.1, 0.15) is 5.00 Å². The highest BCUT2D eigenvalue weighted by Gasteiger charge is 2.46. The predicted molar refractivity (Wildman–Crippen MR) is 79.2 cm³/mol. The summed E-state index contributed by atoms with van der Waals surface area (Å²) in [5.41, 5.74) is 6.54. The molecule has 0 unspecified atom stereocenters. The molecule has 1 fully saturated rings. The van der Waals surface area contributed by atoms with Crippen molar-refractivity contribution in [1.82, 2.24) is 0 Å². The zero-order chi connectivity index (χ0) is 14.9. The number of rotatable bonds is 5. The number of carbonyl (C=O) groups is 2. The molecule has 110 valence electrons. The second kappa shape index (κ2) is 5.54. The molecule has 1 aromatic rings. The van der Waals surface area contributed by atoms with Crippen molar-refractivity contribution in [3.63, 3.8) is 0 Å². The van der Waals surface area contributed by atoms with Gasteiger partial charge in [0.2, 0.25) is 5.91 Å². The molecular weight excluding hydrogens is 276 g/mol. The van der Waals surface area contributed by atoms with E-state index in [1.165, 1.54) is 11.3 Å². The van der Waals surface area contributed by atoms with Gasteiger partial charge in [0.25, 0.3) is 0 Å². The van der Waals surface area contributed by atoms with Crippen LogP contribution in [0.4, 0.5) is 5.00 Å². The Balaban J connectivity index is 2.31. The highest BCUT2D eigenvalue weighted by Crippen LogP contribution is 2.37. The molecule has 0 bridgehead atoms. The van der Waals surface area contributed by atoms with Gasteiger partial charge in [-0.2, -0.15) is 0 Å². The van der Waals surface area contributed by atoms with Crippen molar-refractivity contribution in [2.24, 2.45) is 5.73 Å². The van der Waals surface area contributed by atoms with E-state index >= 15 is 0 Å². The molecule has 5 nitrogen and oxygen atoms in total. The van der Waals surface area contributed by atoms with Crippen LogP contribution in [-0.4, -0.2) is 24.0 Å². The standard InChI is InChI=1S/C14H20N2O3S/c1-4-9-8(3)20-11(10(9)12(17)19-5-2)16-13(18)14(15)6-7-14/h4-7,15H2,1-3H3,(H,16,18). The second-order valence-electron chi connectivity index (χ2n) is 5.03.